The van der Waals surface area contributed by atoms with E-state index >= 15 is 0 Å². The van der Waals surface area contributed by atoms with Crippen molar-refractivity contribution in [2.24, 2.45) is 4.99 Å². The van der Waals surface area contributed by atoms with Crippen molar-refractivity contribution in [3.05, 3.63) is 5.92 Å². The van der Waals surface area contributed by atoms with E-state index in [4.69, 9.17) is 4.74 Å². The van der Waals surface area contributed by atoms with Crippen molar-refractivity contribution in [3.63, 3.8) is 0 Å². The molecular weight excluding hydrogens is 154 g/mol. The predicted octanol–water partition coefficient (Wildman–Crippen LogP) is 1.03. The average Bonchev–Trinajstić information content (AvgIpc) is 1.94. The first-order valence-electron chi connectivity index (χ1n) is 2.81. The molecule has 1 aliphatic heterocycles. The summed E-state index contributed by atoms with van der Waals surface area (Å²) in [5, 5.41) is 0. The molecule has 0 unspecified atom stereocenters. The molecule has 0 N–H and O–H groups in total. The van der Waals surface area contributed by atoms with Crippen LogP contribution in [-0.2, 0) is 22.1 Å². The molecule has 2 nitrogen and oxygen atoms in total. The molecular formula is C6H10CrNO-. The van der Waals surface area contributed by atoms with Gasteiger partial charge in [-0.3, -0.25) is 10.9 Å². The van der Waals surface area contributed by atoms with Crippen LogP contribution < -0.4 is 0 Å². The van der Waals surface area contributed by atoms with Gasteiger partial charge in [0.05, 0.1) is 6.61 Å². The number of ether oxygens (including phenoxy) is 1. The Bertz CT molecular complexity index is 95.1. The van der Waals surface area contributed by atoms with E-state index < -0.39 is 0 Å². The minimum atomic E-state index is 0. The molecule has 52 valence electrons. The molecule has 0 bridgehead atoms. The Labute approximate surface area is 66.4 Å². The van der Waals surface area contributed by atoms with Crippen LogP contribution in [-0.4, -0.2) is 19.6 Å². The summed E-state index contributed by atoms with van der Waals surface area (Å²) in [6, 6.07) is 0. The third kappa shape index (κ3) is 3.56. The van der Waals surface area contributed by atoms with Gasteiger partial charge in [-0.05, 0) is 0 Å². The molecule has 0 aliphatic carbocycles. The molecule has 1 rings (SSSR count). The molecule has 1 heterocycles. The Kier molecular flexibility index (Phi) is 4.84. The summed E-state index contributed by atoms with van der Waals surface area (Å²) in [4.78, 5) is 3.97. The van der Waals surface area contributed by atoms with Gasteiger partial charge in [0.1, 0.15) is 0 Å². The summed E-state index contributed by atoms with van der Waals surface area (Å²) in [6.45, 7) is 3.75. The predicted molar refractivity (Wildman–Crippen MR) is 32.8 cm³/mol. The molecule has 0 aromatic rings. The first-order valence-corrected chi connectivity index (χ1v) is 2.81. The first kappa shape index (κ1) is 9.00. The van der Waals surface area contributed by atoms with Crippen molar-refractivity contribution >= 4 is 6.40 Å². The Hall–Kier alpha value is 0.00247. The van der Waals surface area contributed by atoms with Crippen LogP contribution in [0.5, 0.6) is 0 Å². The topological polar surface area (TPSA) is 21.6 Å². The van der Waals surface area contributed by atoms with Crippen LogP contribution in [0.4, 0.5) is 0 Å². The van der Waals surface area contributed by atoms with Gasteiger partial charge in [0.15, 0.2) is 6.40 Å². The van der Waals surface area contributed by atoms with Crippen LogP contribution >= 0.6 is 0 Å². The SMILES string of the molecule is C[C-]1CCOC=NC1.[Cr]. The Morgan fingerprint density at radius 3 is 3.22 bits per heavy atom. The van der Waals surface area contributed by atoms with E-state index in [2.05, 4.69) is 11.9 Å². The van der Waals surface area contributed by atoms with Gasteiger partial charge in [0, 0.05) is 17.4 Å². The molecule has 0 aromatic heterocycles. The maximum absolute atomic E-state index is 4.95. The zero-order chi connectivity index (χ0) is 5.82. The molecule has 9 heavy (non-hydrogen) atoms. The summed E-state index contributed by atoms with van der Waals surface area (Å²) in [7, 11) is 0. The second kappa shape index (κ2) is 4.84. The maximum atomic E-state index is 4.95. The van der Waals surface area contributed by atoms with Crippen LogP contribution in [0, 0.1) is 5.92 Å². The molecule has 0 saturated carbocycles. The van der Waals surface area contributed by atoms with Crippen LogP contribution in [0.2, 0.25) is 0 Å². The minimum Gasteiger partial charge on any atom is -0.486 e. The van der Waals surface area contributed by atoms with Gasteiger partial charge < -0.3 is 4.74 Å². The van der Waals surface area contributed by atoms with Crippen LogP contribution in [0.25, 0.3) is 0 Å². The van der Waals surface area contributed by atoms with Crippen LogP contribution in [0.1, 0.15) is 13.3 Å². The molecule has 0 spiro atoms. The van der Waals surface area contributed by atoms with E-state index in [1.165, 1.54) is 12.3 Å². The van der Waals surface area contributed by atoms with Crippen LogP contribution in [0.3, 0.4) is 0 Å². The zero-order valence-corrected chi connectivity index (χ0v) is 6.74. The number of rotatable bonds is 0. The first-order chi connectivity index (χ1) is 3.89. The molecule has 0 amide bonds. The average molecular weight is 164 g/mol. The smallest absolute Gasteiger partial charge is 0.166 e. The van der Waals surface area contributed by atoms with Gasteiger partial charge in [-0.2, -0.15) is 6.92 Å². The van der Waals surface area contributed by atoms with Gasteiger partial charge >= 0.3 is 0 Å². The Morgan fingerprint density at radius 1 is 1.67 bits per heavy atom. The summed E-state index contributed by atoms with van der Waals surface area (Å²) >= 11 is 0. The van der Waals surface area contributed by atoms with Crippen molar-refractivity contribution in [2.45, 2.75) is 13.3 Å². The maximum Gasteiger partial charge on any atom is 0.166 e. The Balaban J connectivity index is 0.000000640. The number of hydrogen-bond donors (Lipinski definition) is 0. The summed E-state index contributed by atoms with van der Waals surface area (Å²) in [5.41, 5.74) is 0. The zero-order valence-electron chi connectivity index (χ0n) is 5.46. The number of nitrogens with zero attached hydrogens (tertiary/aromatic N) is 1. The van der Waals surface area contributed by atoms with E-state index in [-0.39, 0.29) is 17.4 Å². The number of hydrogen-bond acceptors (Lipinski definition) is 2. The number of aliphatic imine (C=N–C) groups is 1. The van der Waals surface area contributed by atoms with E-state index in [0.717, 1.165) is 19.6 Å². The molecule has 1 aliphatic rings. The quantitative estimate of drug-likeness (QED) is 0.490. The van der Waals surface area contributed by atoms with Crippen molar-refractivity contribution in [1.29, 1.82) is 0 Å². The fraction of sp³-hybridized carbons (Fsp3) is 0.667. The summed E-state index contributed by atoms with van der Waals surface area (Å²) in [5.74, 6) is 1.40. The van der Waals surface area contributed by atoms with Crippen molar-refractivity contribution in [2.75, 3.05) is 13.2 Å². The monoisotopic (exact) mass is 164 g/mol. The van der Waals surface area contributed by atoms with Gasteiger partial charge in [0.25, 0.3) is 0 Å². The largest absolute Gasteiger partial charge is 0.486 e. The van der Waals surface area contributed by atoms with Gasteiger partial charge in [-0.25, -0.2) is 0 Å². The fourth-order valence-electron chi connectivity index (χ4n) is 0.611. The normalized spacial score (nSPS) is 19.7. The summed E-state index contributed by atoms with van der Waals surface area (Å²) < 4.78 is 4.95. The van der Waals surface area contributed by atoms with Crippen LogP contribution in [0.15, 0.2) is 4.99 Å². The van der Waals surface area contributed by atoms with Gasteiger partial charge in [0.2, 0.25) is 0 Å². The molecule has 0 saturated heterocycles. The van der Waals surface area contributed by atoms with Crippen molar-refractivity contribution < 1.29 is 22.1 Å². The second-order valence-corrected chi connectivity index (χ2v) is 2.02. The van der Waals surface area contributed by atoms with E-state index in [1.54, 1.807) is 0 Å². The fourth-order valence-corrected chi connectivity index (χ4v) is 0.611. The van der Waals surface area contributed by atoms with Gasteiger partial charge in [-0.1, -0.05) is 6.54 Å². The molecule has 3 heteroatoms. The molecule has 0 radical (unpaired) electrons. The van der Waals surface area contributed by atoms with E-state index in [1.807, 2.05) is 0 Å². The van der Waals surface area contributed by atoms with Gasteiger partial charge in [-0.15, -0.1) is 6.42 Å². The van der Waals surface area contributed by atoms with Crippen molar-refractivity contribution in [3.8, 4) is 0 Å². The van der Waals surface area contributed by atoms with Crippen molar-refractivity contribution in [1.82, 2.24) is 0 Å². The third-order valence-electron chi connectivity index (χ3n) is 1.16. The standard InChI is InChI=1S/C6H10NO.Cr/c1-6-2-3-8-5-7-4-6;/h5H,2-4H2,1H3;/q-1;. The van der Waals surface area contributed by atoms with E-state index in [0.29, 0.717) is 0 Å². The molecule has 0 atom stereocenters. The second-order valence-electron chi connectivity index (χ2n) is 2.02. The minimum absolute atomic E-state index is 0. The Morgan fingerprint density at radius 2 is 2.44 bits per heavy atom. The molecule has 0 aromatic carbocycles. The van der Waals surface area contributed by atoms with E-state index in [9.17, 15) is 0 Å². The third-order valence-corrected chi connectivity index (χ3v) is 1.16. The summed E-state index contributed by atoms with van der Waals surface area (Å²) in [6.07, 6.45) is 2.59. The molecule has 0 fully saturated rings.